The summed E-state index contributed by atoms with van der Waals surface area (Å²) >= 11 is 0. The van der Waals surface area contributed by atoms with E-state index in [1.54, 1.807) is 13.3 Å². The molecule has 9 heteroatoms. The topological polar surface area (TPSA) is 94.2 Å². The first kappa shape index (κ1) is 20.1. The third kappa shape index (κ3) is 4.68. The number of nitrogens with one attached hydrogen (secondary N) is 2. The van der Waals surface area contributed by atoms with Gasteiger partial charge in [0.15, 0.2) is 11.8 Å². The van der Waals surface area contributed by atoms with Gasteiger partial charge in [0.05, 0.1) is 25.1 Å². The van der Waals surface area contributed by atoms with Gasteiger partial charge in [-0.1, -0.05) is 18.2 Å². The number of aliphatic imine (C=N–C) groups is 1. The molecule has 1 unspecified atom stereocenters. The molecule has 0 spiro atoms. The zero-order chi connectivity index (χ0) is 20.8. The van der Waals surface area contributed by atoms with Crippen molar-refractivity contribution >= 4 is 5.96 Å². The number of ether oxygens (including phenoxy) is 1. The summed E-state index contributed by atoms with van der Waals surface area (Å²) < 4.78 is 9.14. The number of imidazole rings is 1. The van der Waals surface area contributed by atoms with E-state index in [1.165, 1.54) is 0 Å². The number of rotatable bonds is 7. The second-order valence-electron chi connectivity index (χ2n) is 7.23. The molecule has 158 valence electrons. The van der Waals surface area contributed by atoms with Crippen LogP contribution in [0.25, 0.3) is 5.69 Å². The van der Waals surface area contributed by atoms with Crippen LogP contribution in [-0.4, -0.2) is 50.0 Å². The zero-order valence-electron chi connectivity index (χ0n) is 17.5. The quantitative estimate of drug-likeness (QED) is 0.456. The van der Waals surface area contributed by atoms with Gasteiger partial charge in [-0.3, -0.25) is 0 Å². The van der Waals surface area contributed by atoms with Crippen LogP contribution in [0.3, 0.4) is 0 Å². The molecule has 1 aliphatic heterocycles. The van der Waals surface area contributed by atoms with E-state index in [4.69, 9.17) is 9.73 Å². The lowest BCUT2D eigenvalue weighted by Gasteiger charge is -2.25. The van der Waals surface area contributed by atoms with Crippen molar-refractivity contribution < 1.29 is 4.74 Å². The number of fused-ring (bicyclic) bond motifs is 1. The molecular weight excluding hydrogens is 380 g/mol. The number of methoxy groups -OCH3 is 1. The summed E-state index contributed by atoms with van der Waals surface area (Å²) in [7, 11) is 1.66. The minimum Gasteiger partial charge on any atom is -0.377 e. The van der Waals surface area contributed by atoms with Crippen LogP contribution in [-0.2, 0) is 30.9 Å². The van der Waals surface area contributed by atoms with Crippen LogP contribution in [0.5, 0.6) is 0 Å². The van der Waals surface area contributed by atoms with Gasteiger partial charge in [0.25, 0.3) is 0 Å². The van der Waals surface area contributed by atoms with Gasteiger partial charge >= 0.3 is 0 Å². The monoisotopic (exact) mass is 408 g/mol. The molecule has 9 nitrogen and oxygen atoms in total. The number of guanidine groups is 1. The highest BCUT2D eigenvalue weighted by atomic mass is 16.5. The second-order valence-corrected chi connectivity index (χ2v) is 7.23. The van der Waals surface area contributed by atoms with Crippen molar-refractivity contribution in [3.63, 3.8) is 0 Å². The molecule has 2 N–H and O–H groups in total. The Hall–Kier alpha value is -3.20. The van der Waals surface area contributed by atoms with Crippen molar-refractivity contribution in [2.24, 2.45) is 4.99 Å². The summed E-state index contributed by atoms with van der Waals surface area (Å²) in [5.74, 6) is 2.57. The third-order valence-electron chi connectivity index (χ3n) is 5.04. The van der Waals surface area contributed by atoms with E-state index in [-0.39, 0.29) is 6.04 Å². The summed E-state index contributed by atoms with van der Waals surface area (Å²) in [6.45, 7) is 4.65. The fourth-order valence-corrected chi connectivity index (χ4v) is 3.64. The second kappa shape index (κ2) is 9.53. The molecule has 3 aromatic rings. The molecule has 0 fully saturated rings. The van der Waals surface area contributed by atoms with Gasteiger partial charge in [-0.2, -0.15) is 5.10 Å². The lowest BCUT2D eigenvalue weighted by molar-refractivity contribution is 0.177. The van der Waals surface area contributed by atoms with E-state index in [0.29, 0.717) is 13.2 Å². The Bertz CT molecular complexity index is 979. The van der Waals surface area contributed by atoms with E-state index in [9.17, 15) is 0 Å². The maximum atomic E-state index is 5.15. The van der Waals surface area contributed by atoms with Gasteiger partial charge in [0.1, 0.15) is 12.4 Å². The predicted octanol–water partition coefficient (Wildman–Crippen LogP) is 1.68. The van der Waals surface area contributed by atoms with E-state index in [2.05, 4.69) is 44.8 Å². The Morgan fingerprint density at radius 3 is 3.03 bits per heavy atom. The van der Waals surface area contributed by atoms with Crippen LogP contribution in [0.1, 0.15) is 30.6 Å². The molecule has 1 aromatic carbocycles. The standard InChI is InChI=1S/C21H28N8O/c1-3-23-21(24-12-16-6-4-5-7-18(16)28-11-10-22-15-28)25-17-8-9-20-26-19(14-30-2)27-29(20)13-17/h4-7,10-11,15,17H,3,8-9,12-14H2,1-2H3,(H2,23,24,25). The molecule has 1 atom stereocenters. The molecule has 0 bridgehead atoms. The highest BCUT2D eigenvalue weighted by molar-refractivity contribution is 5.80. The molecule has 3 heterocycles. The molecule has 1 aliphatic rings. The zero-order valence-corrected chi connectivity index (χ0v) is 17.5. The van der Waals surface area contributed by atoms with Crippen molar-refractivity contribution in [3.05, 3.63) is 60.2 Å². The minimum absolute atomic E-state index is 0.247. The molecule has 0 saturated heterocycles. The Morgan fingerprint density at radius 2 is 2.23 bits per heavy atom. The van der Waals surface area contributed by atoms with Crippen LogP contribution < -0.4 is 10.6 Å². The van der Waals surface area contributed by atoms with Crippen molar-refractivity contribution in [1.82, 2.24) is 34.9 Å². The summed E-state index contributed by atoms with van der Waals surface area (Å²) in [5, 5.41) is 11.5. The first-order chi connectivity index (χ1) is 14.8. The number of hydrogen-bond donors (Lipinski definition) is 2. The largest absolute Gasteiger partial charge is 0.377 e. The number of para-hydroxylation sites is 1. The van der Waals surface area contributed by atoms with Crippen molar-refractivity contribution in [2.75, 3.05) is 13.7 Å². The van der Waals surface area contributed by atoms with Crippen LogP contribution in [0.4, 0.5) is 0 Å². The molecule has 0 radical (unpaired) electrons. The molecule has 0 aliphatic carbocycles. The van der Waals surface area contributed by atoms with Crippen LogP contribution in [0.15, 0.2) is 48.0 Å². The third-order valence-corrected chi connectivity index (χ3v) is 5.04. The highest BCUT2D eigenvalue weighted by Gasteiger charge is 2.22. The van der Waals surface area contributed by atoms with Crippen LogP contribution in [0, 0.1) is 0 Å². The maximum Gasteiger partial charge on any atom is 0.191 e. The van der Waals surface area contributed by atoms with Gasteiger partial charge in [0, 0.05) is 38.5 Å². The summed E-state index contributed by atoms with van der Waals surface area (Å²) in [6, 6.07) is 8.49. The van der Waals surface area contributed by atoms with E-state index in [0.717, 1.165) is 54.8 Å². The number of hydrogen-bond acceptors (Lipinski definition) is 5. The number of nitrogens with zero attached hydrogens (tertiary/aromatic N) is 6. The van der Waals surface area contributed by atoms with Gasteiger partial charge in [-0.15, -0.1) is 0 Å². The molecule has 0 saturated carbocycles. The highest BCUT2D eigenvalue weighted by Crippen LogP contribution is 2.16. The van der Waals surface area contributed by atoms with Crippen molar-refractivity contribution in [2.45, 2.75) is 45.5 Å². The fraction of sp³-hybridized carbons (Fsp3) is 0.429. The van der Waals surface area contributed by atoms with Gasteiger partial charge in [0.2, 0.25) is 0 Å². The van der Waals surface area contributed by atoms with Gasteiger partial charge in [-0.25, -0.2) is 19.6 Å². The van der Waals surface area contributed by atoms with Crippen LogP contribution >= 0.6 is 0 Å². The van der Waals surface area contributed by atoms with Crippen molar-refractivity contribution in [3.8, 4) is 5.69 Å². The molecule has 4 rings (SSSR count). The Morgan fingerprint density at radius 1 is 1.33 bits per heavy atom. The molecule has 0 amide bonds. The lowest BCUT2D eigenvalue weighted by atomic mass is 10.1. The van der Waals surface area contributed by atoms with Gasteiger partial charge in [-0.05, 0) is 25.0 Å². The molecule has 30 heavy (non-hydrogen) atoms. The first-order valence-electron chi connectivity index (χ1n) is 10.3. The first-order valence-corrected chi connectivity index (χ1v) is 10.3. The normalized spacial score (nSPS) is 16.3. The smallest absolute Gasteiger partial charge is 0.191 e. The van der Waals surface area contributed by atoms with E-state index < -0.39 is 0 Å². The molecular formula is C21H28N8O. The summed E-state index contributed by atoms with van der Waals surface area (Å²) in [4.78, 5) is 13.5. The van der Waals surface area contributed by atoms with E-state index >= 15 is 0 Å². The number of aryl methyl sites for hydroxylation is 1. The average molecular weight is 409 g/mol. The van der Waals surface area contributed by atoms with Gasteiger partial charge < -0.3 is 19.9 Å². The van der Waals surface area contributed by atoms with Crippen molar-refractivity contribution in [1.29, 1.82) is 0 Å². The Balaban J connectivity index is 1.45. The SMILES string of the molecule is CCNC(=NCc1ccccc1-n1ccnc1)NC1CCc2nc(COC)nn2C1. The van der Waals surface area contributed by atoms with E-state index in [1.807, 2.05) is 33.9 Å². The predicted molar refractivity (Wildman–Crippen MR) is 114 cm³/mol. The summed E-state index contributed by atoms with van der Waals surface area (Å²) in [5.41, 5.74) is 2.23. The lowest BCUT2D eigenvalue weighted by Crippen LogP contribution is -2.47. The molecule has 2 aromatic heterocycles. The van der Waals surface area contributed by atoms with Crippen LogP contribution in [0.2, 0.25) is 0 Å². The summed E-state index contributed by atoms with van der Waals surface area (Å²) in [6.07, 6.45) is 7.41. The Kier molecular flexibility index (Phi) is 6.38. The fourth-order valence-electron chi connectivity index (χ4n) is 3.64. The Labute approximate surface area is 176 Å². The number of aromatic nitrogens is 5. The average Bonchev–Trinajstić information content (AvgIpc) is 3.42. The maximum absolute atomic E-state index is 5.15. The number of benzene rings is 1. The minimum atomic E-state index is 0.247.